The Bertz CT molecular complexity index is 1340. The molecule has 4 aromatic rings. The van der Waals surface area contributed by atoms with Crippen LogP contribution in [0.4, 0.5) is 11.4 Å². The van der Waals surface area contributed by atoms with Crippen LogP contribution < -0.4 is 10.1 Å². The van der Waals surface area contributed by atoms with E-state index in [4.69, 9.17) is 27.9 Å². The number of nitrogens with one attached hydrogen (secondary N) is 1. The third-order valence-electron chi connectivity index (χ3n) is 4.04. The van der Waals surface area contributed by atoms with Crippen molar-refractivity contribution in [3.05, 3.63) is 85.2 Å². The monoisotopic (exact) mass is 521 g/mol. The smallest absolute Gasteiger partial charge is 0.277 e. The SMILES string of the molecule is O=C(Nc1cc(Oc2ccc(Cl)cc2Cl)cc([N+](=O)[O-])c1)c1nn2cccnc2c1Br. The van der Waals surface area contributed by atoms with E-state index in [9.17, 15) is 14.9 Å². The summed E-state index contributed by atoms with van der Waals surface area (Å²) in [5.41, 5.74) is 0.367. The van der Waals surface area contributed by atoms with Gasteiger partial charge in [-0.25, -0.2) is 9.50 Å². The lowest BCUT2D eigenvalue weighted by molar-refractivity contribution is -0.384. The number of carbonyl (C=O) groups excluding carboxylic acids is 1. The number of nitro benzene ring substituents is 1. The summed E-state index contributed by atoms with van der Waals surface area (Å²) in [4.78, 5) is 27.7. The maximum atomic E-state index is 12.8. The van der Waals surface area contributed by atoms with Crippen LogP contribution in [0.25, 0.3) is 5.65 Å². The first-order chi connectivity index (χ1) is 14.8. The van der Waals surface area contributed by atoms with Gasteiger partial charge in [-0.1, -0.05) is 23.2 Å². The second kappa shape index (κ2) is 8.50. The molecule has 0 spiro atoms. The highest BCUT2D eigenvalue weighted by atomic mass is 79.9. The number of ether oxygens (including phenoxy) is 1. The molecule has 0 aliphatic heterocycles. The standard InChI is InChI=1S/C19H10BrCl2N5O4/c20-16-17(25-26-5-1-4-23-18(16)26)19(28)24-11-7-12(27(29)30)9-13(8-11)31-15-3-2-10(21)6-14(15)22/h1-9H,(H,24,28). The minimum absolute atomic E-state index is 0.0634. The van der Waals surface area contributed by atoms with Gasteiger partial charge >= 0.3 is 0 Å². The Morgan fingerprint density at radius 1 is 1.23 bits per heavy atom. The van der Waals surface area contributed by atoms with Gasteiger partial charge in [-0.2, -0.15) is 5.10 Å². The highest BCUT2D eigenvalue weighted by molar-refractivity contribution is 9.10. The first-order valence-electron chi connectivity index (χ1n) is 8.54. The molecule has 0 unspecified atom stereocenters. The van der Waals surface area contributed by atoms with Crippen molar-refractivity contribution in [3.63, 3.8) is 0 Å². The van der Waals surface area contributed by atoms with Crippen LogP contribution in [0.2, 0.25) is 10.0 Å². The molecule has 9 nitrogen and oxygen atoms in total. The van der Waals surface area contributed by atoms with E-state index in [0.717, 1.165) is 0 Å². The molecule has 4 rings (SSSR count). The van der Waals surface area contributed by atoms with Crippen LogP contribution in [-0.2, 0) is 0 Å². The Labute approximate surface area is 192 Å². The van der Waals surface area contributed by atoms with Gasteiger partial charge < -0.3 is 10.1 Å². The molecule has 31 heavy (non-hydrogen) atoms. The number of halogens is 3. The summed E-state index contributed by atoms with van der Waals surface area (Å²) < 4.78 is 7.49. The lowest BCUT2D eigenvalue weighted by Crippen LogP contribution is -2.13. The van der Waals surface area contributed by atoms with Gasteiger partial charge in [-0.3, -0.25) is 14.9 Å². The maximum Gasteiger partial charge on any atom is 0.277 e. The van der Waals surface area contributed by atoms with E-state index in [-0.39, 0.29) is 33.6 Å². The maximum absolute atomic E-state index is 12.8. The fraction of sp³-hybridized carbons (Fsp3) is 0. The number of nitro groups is 1. The zero-order valence-corrected chi connectivity index (χ0v) is 18.3. The topological polar surface area (TPSA) is 112 Å². The molecule has 1 N–H and O–H groups in total. The molecule has 2 aromatic heterocycles. The van der Waals surface area contributed by atoms with Gasteiger partial charge in [-0.05, 0) is 40.2 Å². The predicted molar refractivity (Wildman–Crippen MR) is 118 cm³/mol. The minimum Gasteiger partial charge on any atom is -0.455 e. The van der Waals surface area contributed by atoms with Crippen molar-refractivity contribution in [1.82, 2.24) is 14.6 Å². The summed E-state index contributed by atoms with van der Waals surface area (Å²) in [5.74, 6) is -0.240. The molecule has 0 fully saturated rings. The number of hydrogen-bond acceptors (Lipinski definition) is 6. The summed E-state index contributed by atoms with van der Waals surface area (Å²) in [7, 11) is 0. The van der Waals surface area contributed by atoms with Crippen LogP contribution >= 0.6 is 39.1 Å². The molecule has 0 saturated carbocycles. The molecule has 0 radical (unpaired) electrons. The highest BCUT2D eigenvalue weighted by Gasteiger charge is 2.20. The van der Waals surface area contributed by atoms with Crippen molar-refractivity contribution in [2.45, 2.75) is 0 Å². The van der Waals surface area contributed by atoms with Crippen molar-refractivity contribution >= 4 is 62.1 Å². The normalized spacial score (nSPS) is 10.8. The number of carbonyl (C=O) groups is 1. The lowest BCUT2D eigenvalue weighted by atomic mass is 10.2. The second-order valence-corrected chi connectivity index (χ2v) is 7.79. The molecule has 2 heterocycles. The van der Waals surface area contributed by atoms with E-state index in [1.807, 2.05) is 0 Å². The Kier molecular flexibility index (Phi) is 5.77. The molecule has 0 bridgehead atoms. The van der Waals surface area contributed by atoms with Gasteiger partial charge in [0.2, 0.25) is 0 Å². The molecule has 0 aliphatic rings. The average molecular weight is 523 g/mol. The van der Waals surface area contributed by atoms with Crippen LogP contribution in [-0.4, -0.2) is 25.4 Å². The van der Waals surface area contributed by atoms with E-state index in [0.29, 0.717) is 15.1 Å². The van der Waals surface area contributed by atoms with Gasteiger partial charge in [0.1, 0.15) is 11.5 Å². The number of hydrogen-bond donors (Lipinski definition) is 1. The summed E-state index contributed by atoms with van der Waals surface area (Å²) in [6.45, 7) is 0. The van der Waals surface area contributed by atoms with Crippen molar-refractivity contribution < 1.29 is 14.5 Å². The number of anilines is 1. The Balaban J connectivity index is 1.66. The molecule has 0 aliphatic carbocycles. The minimum atomic E-state index is -0.600. The highest BCUT2D eigenvalue weighted by Crippen LogP contribution is 2.35. The number of aromatic nitrogens is 3. The van der Waals surface area contributed by atoms with Gasteiger partial charge in [0.05, 0.1) is 26.2 Å². The van der Waals surface area contributed by atoms with E-state index < -0.39 is 10.8 Å². The van der Waals surface area contributed by atoms with Crippen LogP contribution in [0.15, 0.2) is 59.3 Å². The average Bonchev–Trinajstić information content (AvgIpc) is 3.07. The molecule has 0 saturated heterocycles. The van der Waals surface area contributed by atoms with E-state index in [2.05, 4.69) is 31.3 Å². The number of rotatable bonds is 5. The van der Waals surface area contributed by atoms with E-state index >= 15 is 0 Å². The predicted octanol–water partition coefficient (Wildman–Crippen LogP) is 5.75. The summed E-state index contributed by atoms with van der Waals surface area (Å²) in [6.07, 6.45) is 3.20. The Hall–Kier alpha value is -3.21. The zero-order valence-electron chi connectivity index (χ0n) is 15.3. The van der Waals surface area contributed by atoms with Crippen LogP contribution in [0.3, 0.4) is 0 Å². The molecule has 12 heteroatoms. The van der Waals surface area contributed by atoms with Crippen molar-refractivity contribution in [2.75, 3.05) is 5.32 Å². The second-order valence-electron chi connectivity index (χ2n) is 6.15. The molecule has 1 amide bonds. The lowest BCUT2D eigenvalue weighted by Gasteiger charge is -2.10. The van der Waals surface area contributed by atoms with Gasteiger partial charge in [0, 0.05) is 29.5 Å². The fourth-order valence-corrected chi connectivity index (χ4v) is 3.69. The van der Waals surface area contributed by atoms with Crippen LogP contribution in [0, 0.1) is 10.1 Å². The Morgan fingerprint density at radius 3 is 2.74 bits per heavy atom. The number of non-ortho nitro benzene ring substituents is 1. The summed E-state index contributed by atoms with van der Waals surface area (Å²) in [6, 6.07) is 10.1. The number of fused-ring (bicyclic) bond motifs is 1. The molecular formula is C19H10BrCl2N5O4. The third kappa shape index (κ3) is 4.46. The first kappa shape index (κ1) is 21.0. The fourth-order valence-electron chi connectivity index (χ4n) is 2.70. The molecule has 0 atom stereocenters. The summed E-state index contributed by atoms with van der Waals surface area (Å²) >= 11 is 15.3. The summed E-state index contributed by atoms with van der Waals surface area (Å²) in [5, 5.41) is 18.8. The van der Waals surface area contributed by atoms with Gasteiger partial charge in [0.15, 0.2) is 11.3 Å². The first-order valence-corrected chi connectivity index (χ1v) is 10.1. The molecule has 2 aromatic carbocycles. The van der Waals surface area contributed by atoms with E-state index in [1.165, 1.54) is 34.8 Å². The third-order valence-corrected chi connectivity index (χ3v) is 5.30. The van der Waals surface area contributed by atoms with Crippen LogP contribution in [0.1, 0.15) is 10.5 Å². The van der Waals surface area contributed by atoms with E-state index in [1.54, 1.807) is 24.5 Å². The van der Waals surface area contributed by atoms with Gasteiger partial charge in [0.25, 0.3) is 11.6 Å². The van der Waals surface area contributed by atoms with Gasteiger partial charge in [-0.15, -0.1) is 0 Å². The van der Waals surface area contributed by atoms with Crippen molar-refractivity contribution in [1.29, 1.82) is 0 Å². The Morgan fingerprint density at radius 2 is 2.03 bits per heavy atom. The van der Waals surface area contributed by atoms with Crippen molar-refractivity contribution in [3.8, 4) is 11.5 Å². The number of benzene rings is 2. The van der Waals surface area contributed by atoms with Crippen molar-refractivity contribution in [2.24, 2.45) is 0 Å². The number of amides is 1. The van der Waals surface area contributed by atoms with Crippen LogP contribution in [0.5, 0.6) is 11.5 Å². The zero-order chi connectivity index (χ0) is 22.1. The quantitative estimate of drug-likeness (QED) is 0.264. The number of nitrogens with zero attached hydrogens (tertiary/aromatic N) is 4. The largest absolute Gasteiger partial charge is 0.455 e. The molecular weight excluding hydrogens is 513 g/mol. The molecule has 156 valence electrons.